The van der Waals surface area contributed by atoms with Crippen LogP contribution in [0.1, 0.15) is 25.0 Å². The van der Waals surface area contributed by atoms with Crippen molar-refractivity contribution in [2.24, 2.45) is 0 Å². The summed E-state index contributed by atoms with van der Waals surface area (Å²) in [6.45, 7) is 3.99. The molecule has 3 nitrogen and oxygen atoms in total. The summed E-state index contributed by atoms with van der Waals surface area (Å²) in [5.74, 6) is 1.75. The molecule has 0 saturated heterocycles. The Morgan fingerprint density at radius 2 is 2.35 bits per heavy atom. The summed E-state index contributed by atoms with van der Waals surface area (Å²) in [5.41, 5.74) is 3.04. The Bertz CT molecular complexity index is 449. The first-order valence-corrected chi connectivity index (χ1v) is 5.79. The van der Waals surface area contributed by atoms with Gasteiger partial charge in [0, 0.05) is 17.5 Å². The molecule has 0 saturated carbocycles. The second-order valence-corrected chi connectivity index (χ2v) is 4.48. The number of aliphatic hydroxyl groups is 1. The van der Waals surface area contributed by atoms with Crippen LogP contribution in [0.25, 0.3) is 6.08 Å². The quantitative estimate of drug-likeness (QED) is 0.873. The number of hydrogen-bond donors (Lipinski definition) is 1. The van der Waals surface area contributed by atoms with Crippen molar-refractivity contribution in [1.82, 2.24) is 0 Å². The van der Waals surface area contributed by atoms with Crippen LogP contribution in [0.2, 0.25) is 0 Å². The minimum Gasteiger partial charge on any atom is -0.496 e. The van der Waals surface area contributed by atoms with Crippen molar-refractivity contribution >= 4 is 6.08 Å². The molecule has 1 atom stereocenters. The van der Waals surface area contributed by atoms with Gasteiger partial charge in [-0.1, -0.05) is 0 Å². The number of benzene rings is 1. The molecule has 0 bridgehead atoms. The molecule has 0 aliphatic carbocycles. The van der Waals surface area contributed by atoms with E-state index in [-0.39, 0.29) is 12.7 Å². The molecule has 0 radical (unpaired) electrons. The SMILES string of the molecule is COc1cc2c(cc1/C=C(/C)CO)OC(C)C2. The fourth-order valence-electron chi connectivity index (χ4n) is 2.06. The fourth-order valence-corrected chi connectivity index (χ4v) is 2.06. The largest absolute Gasteiger partial charge is 0.496 e. The van der Waals surface area contributed by atoms with Gasteiger partial charge in [0.1, 0.15) is 17.6 Å². The Morgan fingerprint density at radius 3 is 3.00 bits per heavy atom. The molecule has 1 aromatic rings. The van der Waals surface area contributed by atoms with E-state index in [1.165, 1.54) is 5.56 Å². The van der Waals surface area contributed by atoms with Gasteiger partial charge in [-0.15, -0.1) is 0 Å². The molecule has 1 heterocycles. The Kier molecular flexibility index (Phi) is 3.38. The first kappa shape index (κ1) is 12.0. The molecule has 1 aliphatic rings. The summed E-state index contributed by atoms with van der Waals surface area (Å²) in [6, 6.07) is 4.01. The lowest BCUT2D eigenvalue weighted by Gasteiger charge is -2.09. The number of aliphatic hydroxyl groups excluding tert-OH is 1. The van der Waals surface area contributed by atoms with Crippen molar-refractivity contribution in [1.29, 1.82) is 0 Å². The van der Waals surface area contributed by atoms with Crippen LogP contribution in [0.3, 0.4) is 0 Å². The average molecular weight is 234 g/mol. The summed E-state index contributed by atoms with van der Waals surface area (Å²) in [4.78, 5) is 0. The van der Waals surface area contributed by atoms with E-state index in [0.29, 0.717) is 0 Å². The molecule has 0 fully saturated rings. The highest BCUT2D eigenvalue weighted by Gasteiger charge is 2.21. The highest BCUT2D eigenvalue weighted by Crippen LogP contribution is 2.35. The minimum absolute atomic E-state index is 0.0531. The minimum atomic E-state index is 0.0531. The molecule has 1 aliphatic heterocycles. The van der Waals surface area contributed by atoms with E-state index in [2.05, 4.69) is 6.92 Å². The maximum atomic E-state index is 9.05. The summed E-state index contributed by atoms with van der Waals surface area (Å²) in [6.07, 6.45) is 3.08. The Morgan fingerprint density at radius 1 is 1.59 bits per heavy atom. The molecule has 0 spiro atoms. The van der Waals surface area contributed by atoms with Crippen LogP contribution in [0, 0.1) is 0 Å². The standard InChI is InChI=1S/C14H18O3/c1-9(8-15)4-11-7-14-12(5-10(2)17-14)6-13(11)16-3/h4,6-7,10,15H,5,8H2,1-3H3/b9-4-. The molecule has 2 rings (SSSR count). The van der Waals surface area contributed by atoms with Crippen LogP contribution in [-0.4, -0.2) is 24.9 Å². The highest BCUT2D eigenvalue weighted by atomic mass is 16.5. The van der Waals surface area contributed by atoms with Crippen molar-refractivity contribution in [3.05, 3.63) is 28.8 Å². The van der Waals surface area contributed by atoms with Crippen LogP contribution in [0.5, 0.6) is 11.5 Å². The number of fused-ring (bicyclic) bond motifs is 1. The van der Waals surface area contributed by atoms with Gasteiger partial charge in [0.15, 0.2) is 0 Å². The lowest BCUT2D eigenvalue weighted by atomic mass is 10.0. The van der Waals surface area contributed by atoms with Crippen LogP contribution < -0.4 is 9.47 Å². The molecule has 92 valence electrons. The Hall–Kier alpha value is -1.48. The lowest BCUT2D eigenvalue weighted by molar-refractivity contribution is 0.254. The van der Waals surface area contributed by atoms with Crippen molar-refractivity contribution in [3.8, 4) is 11.5 Å². The number of hydrogen-bond acceptors (Lipinski definition) is 3. The second kappa shape index (κ2) is 4.80. The summed E-state index contributed by atoms with van der Waals surface area (Å²) in [5, 5.41) is 9.05. The topological polar surface area (TPSA) is 38.7 Å². The normalized spacial score (nSPS) is 18.8. The Balaban J connectivity index is 2.43. The predicted molar refractivity (Wildman–Crippen MR) is 67.5 cm³/mol. The zero-order valence-corrected chi connectivity index (χ0v) is 10.5. The van der Waals surface area contributed by atoms with E-state index >= 15 is 0 Å². The van der Waals surface area contributed by atoms with Crippen LogP contribution in [0.4, 0.5) is 0 Å². The average Bonchev–Trinajstić information content (AvgIpc) is 2.67. The van der Waals surface area contributed by atoms with Gasteiger partial charge in [-0.25, -0.2) is 0 Å². The van der Waals surface area contributed by atoms with Crippen molar-refractivity contribution in [2.45, 2.75) is 26.4 Å². The number of methoxy groups -OCH3 is 1. The molecule has 1 unspecified atom stereocenters. The van der Waals surface area contributed by atoms with Gasteiger partial charge in [-0.3, -0.25) is 0 Å². The third-order valence-corrected chi connectivity index (χ3v) is 2.90. The predicted octanol–water partition coefficient (Wildman–Crippen LogP) is 2.41. The third kappa shape index (κ3) is 2.44. The van der Waals surface area contributed by atoms with E-state index in [0.717, 1.165) is 29.1 Å². The van der Waals surface area contributed by atoms with Crippen molar-refractivity contribution < 1.29 is 14.6 Å². The van der Waals surface area contributed by atoms with Gasteiger partial charge in [-0.2, -0.15) is 0 Å². The smallest absolute Gasteiger partial charge is 0.126 e. The van der Waals surface area contributed by atoms with Crippen molar-refractivity contribution in [2.75, 3.05) is 13.7 Å². The fraction of sp³-hybridized carbons (Fsp3) is 0.429. The maximum Gasteiger partial charge on any atom is 0.126 e. The number of rotatable bonds is 3. The van der Waals surface area contributed by atoms with E-state index in [4.69, 9.17) is 14.6 Å². The molecule has 17 heavy (non-hydrogen) atoms. The summed E-state index contributed by atoms with van der Waals surface area (Å²) in [7, 11) is 1.66. The van der Waals surface area contributed by atoms with Gasteiger partial charge in [0.05, 0.1) is 13.7 Å². The molecular weight excluding hydrogens is 216 g/mol. The lowest BCUT2D eigenvalue weighted by Crippen LogP contribution is -2.05. The van der Waals surface area contributed by atoms with E-state index in [1.807, 2.05) is 25.1 Å². The molecule has 1 aromatic carbocycles. The second-order valence-electron chi connectivity index (χ2n) is 4.48. The highest BCUT2D eigenvalue weighted by molar-refractivity contribution is 5.64. The molecule has 0 amide bonds. The monoisotopic (exact) mass is 234 g/mol. The van der Waals surface area contributed by atoms with Crippen LogP contribution in [-0.2, 0) is 6.42 Å². The van der Waals surface area contributed by atoms with Crippen molar-refractivity contribution in [3.63, 3.8) is 0 Å². The zero-order chi connectivity index (χ0) is 12.4. The van der Waals surface area contributed by atoms with E-state index in [1.54, 1.807) is 7.11 Å². The van der Waals surface area contributed by atoms with E-state index in [9.17, 15) is 0 Å². The molecular formula is C14H18O3. The Labute approximate surface area is 102 Å². The number of ether oxygens (including phenoxy) is 2. The van der Waals surface area contributed by atoms with Gasteiger partial charge in [0.25, 0.3) is 0 Å². The molecule has 1 N–H and O–H groups in total. The summed E-state index contributed by atoms with van der Waals surface area (Å²) < 4.78 is 11.1. The first-order valence-electron chi connectivity index (χ1n) is 5.79. The zero-order valence-electron chi connectivity index (χ0n) is 10.5. The third-order valence-electron chi connectivity index (χ3n) is 2.90. The van der Waals surface area contributed by atoms with Gasteiger partial charge in [0.2, 0.25) is 0 Å². The van der Waals surface area contributed by atoms with Crippen LogP contribution >= 0.6 is 0 Å². The summed E-state index contributed by atoms with van der Waals surface area (Å²) >= 11 is 0. The van der Waals surface area contributed by atoms with Crippen LogP contribution in [0.15, 0.2) is 17.7 Å². The maximum absolute atomic E-state index is 9.05. The van der Waals surface area contributed by atoms with Gasteiger partial charge >= 0.3 is 0 Å². The molecule has 3 heteroatoms. The van der Waals surface area contributed by atoms with Gasteiger partial charge < -0.3 is 14.6 Å². The molecule has 0 aromatic heterocycles. The first-order chi connectivity index (χ1) is 8.13. The van der Waals surface area contributed by atoms with Gasteiger partial charge in [-0.05, 0) is 37.6 Å². The van der Waals surface area contributed by atoms with E-state index < -0.39 is 0 Å².